The number of thiol groups is 1. The van der Waals surface area contributed by atoms with Gasteiger partial charge < -0.3 is 9.84 Å². The van der Waals surface area contributed by atoms with Crippen LogP contribution in [0, 0.1) is 5.82 Å². The van der Waals surface area contributed by atoms with E-state index in [1.165, 1.54) is 13.2 Å². The zero-order valence-electron chi connectivity index (χ0n) is 16.6. The highest BCUT2D eigenvalue weighted by Gasteiger charge is 2.34. The molecule has 7 nitrogen and oxygen atoms in total. The van der Waals surface area contributed by atoms with E-state index >= 15 is 0 Å². The van der Waals surface area contributed by atoms with Crippen molar-refractivity contribution in [2.45, 2.75) is 30.7 Å². The van der Waals surface area contributed by atoms with E-state index in [-0.39, 0.29) is 23.8 Å². The molecule has 0 spiro atoms. The molecule has 1 aromatic heterocycles. The Balaban J connectivity index is 1.83. The number of carbonyl (C=O) groups excluding carboxylic acids is 1. The van der Waals surface area contributed by atoms with Crippen molar-refractivity contribution in [3.63, 3.8) is 0 Å². The predicted molar refractivity (Wildman–Crippen MR) is 113 cm³/mol. The van der Waals surface area contributed by atoms with Crippen molar-refractivity contribution in [1.82, 2.24) is 14.7 Å². The van der Waals surface area contributed by atoms with Gasteiger partial charge in [0.05, 0.1) is 26.3 Å². The maximum Gasteiger partial charge on any atom is 0.327 e. The Morgan fingerprint density at radius 2 is 2.20 bits per heavy atom. The second-order valence-electron chi connectivity index (χ2n) is 7.12. The van der Waals surface area contributed by atoms with E-state index in [1.54, 1.807) is 35.3 Å². The third kappa shape index (κ3) is 5.28. The Kier molecular flexibility index (Phi) is 7.28. The molecule has 30 heavy (non-hydrogen) atoms. The number of likely N-dealkylation sites (tertiary alicyclic amines) is 1. The summed E-state index contributed by atoms with van der Waals surface area (Å²) in [4.78, 5) is 25.1. The molecule has 1 aromatic carbocycles. The predicted octanol–water partition coefficient (Wildman–Crippen LogP) is 2.80. The number of hydrogen-bond acceptors (Lipinski definition) is 6. The van der Waals surface area contributed by atoms with Crippen LogP contribution in [0.4, 0.5) is 4.39 Å². The number of methoxy groups -OCH3 is 1. The average molecular weight is 434 g/mol. The van der Waals surface area contributed by atoms with Gasteiger partial charge in [0.2, 0.25) is 0 Å². The summed E-state index contributed by atoms with van der Waals surface area (Å²) < 4.78 is 21.0. The number of piperidine rings is 1. The highest BCUT2D eigenvalue weighted by atomic mass is 32.1. The van der Waals surface area contributed by atoms with E-state index in [0.29, 0.717) is 19.5 Å². The molecule has 3 rings (SSSR count). The van der Waals surface area contributed by atoms with Crippen molar-refractivity contribution in [3.05, 3.63) is 59.2 Å². The SMILES string of the molecule is COC(=O)C(c1ccccc1F)N1CCC(S)/C(=C\c2cnn(CCC(=O)O)c2)C1. The van der Waals surface area contributed by atoms with Gasteiger partial charge in [-0.3, -0.25) is 14.4 Å². The molecule has 0 amide bonds. The minimum Gasteiger partial charge on any atom is -0.481 e. The lowest BCUT2D eigenvalue weighted by atomic mass is 9.97. The van der Waals surface area contributed by atoms with Crippen molar-refractivity contribution in [2.75, 3.05) is 20.2 Å². The van der Waals surface area contributed by atoms with Gasteiger partial charge in [0.1, 0.15) is 11.9 Å². The zero-order chi connectivity index (χ0) is 21.7. The number of carboxylic acid groups (broad SMARTS) is 1. The summed E-state index contributed by atoms with van der Waals surface area (Å²) in [7, 11) is 1.30. The lowest BCUT2D eigenvalue weighted by molar-refractivity contribution is -0.147. The van der Waals surface area contributed by atoms with Gasteiger partial charge in [-0.1, -0.05) is 24.3 Å². The van der Waals surface area contributed by atoms with Crippen LogP contribution in [0.15, 0.2) is 42.2 Å². The number of ether oxygens (including phenoxy) is 1. The summed E-state index contributed by atoms with van der Waals surface area (Å²) in [5, 5.41) is 13.0. The first-order chi connectivity index (χ1) is 14.4. The third-order valence-electron chi connectivity index (χ3n) is 5.05. The number of benzene rings is 1. The monoisotopic (exact) mass is 433 g/mol. The number of nitrogens with zero attached hydrogens (tertiary/aromatic N) is 3. The average Bonchev–Trinajstić information content (AvgIpc) is 3.17. The molecule has 9 heteroatoms. The summed E-state index contributed by atoms with van der Waals surface area (Å²) in [6.07, 6.45) is 6.03. The lowest BCUT2D eigenvalue weighted by Gasteiger charge is -2.36. The van der Waals surface area contributed by atoms with E-state index in [4.69, 9.17) is 9.84 Å². The molecule has 1 saturated heterocycles. The summed E-state index contributed by atoms with van der Waals surface area (Å²) in [6.45, 7) is 1.27. The smallest absolute Gasteiger partial charge is 0.327 e. The van der Waals surface area contributed by atoms with Crippen LogP contribution in [-0.2, 0) is 20.9 Å². The highest BCUT2D eigenvalue weighted by Crippen LogP contribution is 2.32. The van der Waals surface area contributed by atoms with Gasteiger partial charge in [-0.2, -0.15) is 17.7 Å². The van der Waals surface area contributed by atoms with Crippen LogP contribution < -0.4 is 0 Å². The van der Waals surface area contributed by atoms with Gasteiger partial charge in [-0.05, 0) is 18.1 Å². The number of rotatable bonds is 7. The Bertz CT molecular complexity index is 946. The summed E-state index contributed by atoms with van der Waals surface area (Å²) in [5.74, 6) is -1.85. The number of carboxylic acids is 1. The zero-order valence-corrected chi connectivity index (χ0v) is 17.5. The molecule has 2 atom stereocenters. The molecular formula is C21H24FN3O4S. The standard InChI is InChI=1S/C21H24FN3O4S/c1-29-21(28)20(16-4-2-3-5-17(16)22)24-8-6-18(30)15(13-24)10-14-11-23-25(12-14)9-7-19(26)27/h2-5,10-12,18,20,30H,6-9,13H2,1H3,(H,26,27)/b15-10-. The second kappa shape index (κ2) is 9.90. The van der Waals surface area contributed by atoms with Crippen LogP contribution in [0.5, 0.6) is 0 Å². The van der Waals surface area contributed by atoms with Gasteiger partial charge in [0, 0.05) is 35.7 Å². The number of aliphatic carboxylic acids is 1. The molecule has 1 aliphatic heterocycles. The summed E-state index contributed by atoms with van der Waals surface area (Å²) in [6, 6.07) is 5.36. The molecule has 1 N–H and O–H groups in total. The number of esters is 1. The van der Waals surface area contributed by atoms with Crippen LogP contribution in [0.3, 0.4) is 0 Å². The van der Waals surface area contributed by atoms with Crippen molar-refractivity contribution >= 4 is 30.6 Å². The first-order valence-electron chi connectivity index (χ1n) is 9.58. The lowest BCUT2D eigenvalue weighted by Crippen LogP contribution is -2.42. The summed E-state index contributed by atoms with van der Waals surface area (Å²) in [5.41, 5.74) is 2.06. The molecule has 1 aliphatic rings. The topological polar surface area (TPSA) is 84.7 Å². The van der Waals surface area contributed by atoms with Crippen LogP contribution in [0.2, 0.25) is 0 Å². The Morgan fingerprint density at radius 3 is 2.90 bits per heavy atom. The first-order valence-corrected chi connectivity index (χ1v) is 10.1. The summed E-state index contributed by atoms with van der Waals surface area (Å²) >= 11 is 4.66. The fourth-order valence-electron chi connectivity index (χ4n) is 3.54. The van der Waals surface area contributed by atoms with E-state index in [1.807, 2.05) is 11.0 Å². The molecule has 1 fully saturated rings. The second-order valence-corrected chi connectivity index (χ2v) is 7.75. The van der Waals surface area contributed by atoms with Crippen LogP contribution >= 0.6 is 12.6 Å². The van der Waals surface area contributed by atoms with Gasteiger partial charge >= 0.3 is 11.9 Å². The maximum atomic E-state index is 14.4. The molecule has 2 aromatic rings. The largest absolute Gasteiger partial charge is 0.481 e. The fraction of sp³-hybridized carbons (Fsp3) is 0.381. The Labute approximate surface area is 179 Å². The molecule has 0 bridgehead atoms. The number of carbonyl (C=O) groups is 2. The van der Waals surface area contributed by atoms with Crippen molar-refractivity contribution in [2.24, 2.45) is 0 Å². The van der Waals surface area contributed by atoms with Crippen molar-refractivity contribution in [1.29, 1.82) is 0 Å². The minimum atomic E-state index is -0.884. The molecule has 0 aliphatic carbocycles. The van der Waals surface area contributed by atoms with E-state index < -0.39 is 23.8 Å². The number of aromatic nitrogens is 2. The molecule has 2 unspecified atom stereocenters. The molecule has 2 heterocycles. The van der Waals surface area contributed by atoms with Gasteiger partial charge in [-0.15, -0.1) is 0 Å². The van der Waals surface area contributed by atoms with E-state index in [0.717, 1.165) is 11.1 Å². The highest BCUT2D eigenvalue weighted by molar-refractivity contribution is 7.81. The minimum absolute atomic E-state index is 0.00981. The van der Waals surface area contributed by atoms with E-state index in [2.05, 4.69) is 17.7 Å². The molecular weight excluding hydrogens is 409 g/mol. The molecule has 0 saturated carbocycles. The molecule has 160 valence electrons. The number of aryl methyl sites for hydroxylation is 1. The van der Waals surface area contributed by atoms with E-state index in [9.17, 15) is 14.0 Å². The van der Waals surface area contributed by atoms with Gasteiger partial charge in [0.25, 0.3) is 0 Å². The van der Waals surface area contributed by atoms with Crippen molar-refractivity contribution in [3.8, 4) is 0 Å². The molecule has 0 radical (unpaired) electrons. The fourth-order valence-corrected chi connectivity index (χ4v) is 3.81. The normalized spacial score (nSPS) is 19.6. The van der Waals surface area contributed by atoms with Gasteiger partial charge in [0.15, 0.2) is 0 Å². The Hall–Kier alpha value is -2.65. The quantitative estimate of drug-likeness (QED) is 0.516. The van der Waals surface area contributed by atoms with Crippen LogP contribution in [-0.4, -0.2) is 57.2 Å². The Morgan fingerprint density at radius 1 is 1.43 bits per heavy atom. The van der Waals surface area contributed by atoms with Crippen LogP contribution in [0.1, 0.15) is 30.0 Å². The third-order valence-corrected chi connectivity index (χ3v) is 5.64. The maximum absolute atomic E-state index is 14.4. The van der Waals surface area contributed by atoms with Gasteiger partial charge in [-0.25, -0.2) is 9.18 Å². The van der Waals surface area contributed by atoms with Crippen molar-refractivity contribution < 1.29 is 23.8 Å². The number of hydrogen-bond donors (Lipinski definition) is 2. The first kappa shape index (κ1) is 22.0. The number of halogens is 1. The van der Waals surface area contributed by atoms with Crippen LogP contribution in [0.25, 0.3) is 6.08 Å².